The summed E-state index contributed by atoms with van der Waals surface area (Å²) in [5.74, 6) is 0.267. The van der Waals surface area contributed by atoms with Gasteiger partial charge in [0.25, 0.3) is 5.91 Å². The maximum atomic E-state index is 12.4. The van der Waals surface area contributed by atoms with E-state index >= 15 is 0 Å². The molecular formula is C17H23ClN2O2. The zero-order valence-corrected chi connectivity index (χ0v) is 14.2. The number of ketones is 1. The van der Waals surface area contributed by atoms with Crippen LogP contribution in [0.5, 0.6) is 0 Å². The van der Waals surface area contributed by atoms with E-state index in [2.05, 4.69) is 4.90 Å². The zero-order valence-electron chi connectivity index (χ0n) is 13.4. The maximum Gasteiger partial charge on any atom is 0.253 e. The van der Waals surface area contributed by atoms with Crippen LogP contribution in [0.4, 0.5) is 0 Å². The van der Waals surface area contributed by atoms with Gasteiger partial charge in [-0.1, -0.05) is 32.4 Å². The Morgan fingerprint density at radius 3 is 2.09 bits per heavy atom. The molecule has 1 aliphatic heterocycles. The third-order valence-electron chi connectivity index (χ3n) is 3.95. The van der Waals surface area contributed by atoms with Gasteiger partial charge in [0, 0.05) is 42.2 Å². The molecule has 1 heterocycles. The third kappa shape index (κ3) is 4.31. The summed E-state index contributed by atoms with van der Waals surface area (Å²) in [6, 6.07) is 6.96. The number of hydrogen-bond donors (Lipinski definition) is 0. The lowest BCUT2D eigenvalue weighted by molar-refractivity contribution is -0.127. The van der Waals surface area contributed by atoms with Crippen LogP contribution < -0.4 is 0 Å². The number of halogens is 1. The molecule has 0 atom stereocenters. The average Bonchev–Trinajstić information content (AvgIpc) is 2.47. The summed E-state index contributed by atoms with van der Waals surface area (Å²) in [6.45, 7) is 9.06. The molecule has 1 saturated heterocycles. The molecule has 0 unspecified atom stereocenters. The second-order valence-corrected chi connectivity index (χ2v) is 7.18. The number of nitrogens with zero attached hydrogens (tertiary/aromatic N) is 2. The van der Waals surface area contributed by atoms with E-state index in [0.717, 1.165) is 13.1 Å². The molecule has 4 nitrogen and oxygen atoms in total. The monoisotopic (exact) mass is 322 g/mol. The van der Waals surface area contributed by atoms with Crippen molar-refractivity contribution < 1.29 is 9.59 Å². The highest BCUT2D eigenvalue weighted by Gasteiger charge is 2.27. The van der Waals surface area contributed by atoms with Crippen molar-refractivity contribution in [2.75, 3.05) is 32.7 Å². The van der Waals surface area contributed by atoms with Crippen molar-refractivity contribution in [3.05, 3.63) is 34.9 Å². The van der Waals surface area contributed by atoms with E-state index < -0.39 is 0 Å². The number of amides is 1. The second-order valence-electron chi connectivity index (χ2n) is 6.75. The van der Waals surface area contributed by atoms with Crippen molar-refractivity contribution >= 4 is 23.3 Å². The number of hydrogen-bond acceptors (Lipinski definition) is 3. The zero-order chi connectivity index (χ0) is 16.3. The van der Waals surface area contributed by atoms with Crippen molar-refractivity contribution in [1.82, 2.24) is 9.80 Å². The van der Waals surface area contributed by atoms with E-state index in [1.807, 2.05) is 25.7 Å². The minimum Gasteiger partial charge on any atom is -0.336 e. The van der Waals surface area contributed by atoms with Crippen LogP contribution in [-0.4, -0.2) is 54.2 Å². The molecule has 1 aliphatic rings. The summed E-state index contributed by atoms with van der Waals surface area (Å²) in [5.41, 5.74) is 0.347. The van der Waals surface area contributed by atoms with Gasteiger partial charge in [0.1, 0.15) is 0 Å². The fraction of sp³-hybridized carbons (Fsp3) is 0.529. The van der Waals surface area contributed by atoms with Crippen LogP contribution in [0.3, 0.4) is 0 Å². The fourth-order valence-corrected chi connectivity index (χ4v) is 2.45. The predicted molar refractivity (Wildman–Crippen MR) is 88.3 cm³/mol. The molecule has 0 saturated carbocycles. The van der Waals surface area contributed by atoms with Crippen LogP contribution in [0.1, 0.15) is 31.1 Å². The van der Waals surface area contributed by atoms with Gasteiger partial charge in [0.2, 0.25) is 0 Å². The Morgan fingerprint density at radius 2 is 1.59 bits per heavy atom. The Balaban J connectivity index is 1.88. The van der Waals surface area contributed by atoms with Crippen molar-refractivity contribution in [3.8, 4) is 0 Å². The first kappa shape index (κ1) is 17.0. The van der Waals surface area contributed by atoms with Gasteiger partial charge >= 0.3 is 0 Å². The van der Waals surface area contributed by atoms with Gasteiger partial charge < -0.3 is 4.90 Å². The molecule has 120 valence electrons. The minimum atomic E-state index is -0.309. The Morgan fingerprint density at radius 1 is 1.05 bits per heavy atom. The molecule has 5 heteroatoms. The lowest BCUT2D eigenvalue weighted by atomic mass is 9.90. The highest BCUT2D eigenvalue weighted by molar-refractivity contribution is 6.30. The number of rotatable bonds is 3. The molecule has 22 heavy (non-hydrogen) atoms. The Bertz CT molecular complexity index is 541. The summed E-state index contributed by atoms with van der Waals surface area (Å²) < 4.78 is 0. The average molecular weight is 323 g/mol. The minimum absolute atomic E-state index is 0.0264. The molecule has 1 fully saturated rings. The Kier molecular flexibility index (Phi) is 5.24. The molecule has 1 aromatic rings. The molecule has 0 N–H and O–H groups in total. The van der Waals surface area contributed by atoms with Gasteiger partial charge in [-0.25, -0.2) is 0 Å². The molecule has 0 spiro atoms. The SMILES string of the molecule is CC(C)(C)C(=O)CN1CCN(C(=O)c2ccc(Cl)cc2)CC1. The lowest BCUT2D eigenvalue weighted by Crippen LogP contribution is -2.50. The number of carbonyl (C=O) groups excluding carboxylic acids is 2. The summed E-state index contributed by atoms with van der Waals surface area (Å²) >= 11 is 5.84. The molecule has 0 radical (unpaired) electrons. The number of benzene rings is 1. The van der Waals surface area contributed by atoms with E-state index in [4.69, 9.17) is 11.6 Å². The van der Waals surface area contributed by atoms with Crippen LogP contribution in [0, 0.1) is 5.41 Å². The molecule has 0 aliphatic carbocycles. The first-order valence-electron chi connectivity index (χ1n) is 7.58. The predicted octanol–water partition coefficient (Wildman–Crippen LogP) is 2.71. The fourth-order valence-electron chi connectivity index (χ4n) is 2.32. The van der Waals surface area contributed by atoms with E-state index in [-0.39, 0.29) is 17.1 Å². The first-order valence-corrected chi connectivity index (χ1v) is 7.95. The van der Waals surface area contributed by atoms with Crippen molar-refractivity contribution in [1.29, 1.82) is 0 Å². The van der Waals surface area contributed by atoms with Gasteiger partial charge in [-0.15, -0.1) is 0 Å². The largest absolute Gasteiger partial charge is 0.336 e. The van der Waals surface area contributed by atoms with E-state index in [9.17, 15) is 9.59 Å². The highest BCUT2D eigenvalue weighted by Crippen LogP contribution is 2.17. The van der Waals surface area contributed by atoms with E-state index in [1.54, 1.807) is 24.3 Å². The maximum absolute atomic E-state index is 12.4. The number of carbonyl (C=O) groups is 2. The molecule has 1 amide bonds. The van der Waals surface area contributed by atoms with Gasteiger partial charge in [-0.05, 0) is 24.3 Å². The first-order chi connectivity index (χ1) is 10.3. The van der Waals surface area contributed by atoms with Gasteiger partial charge in [0.05, 0.1) is 6.54 Å². The smallest absolute Gasteiger partial charge is 0.253 e. The number of piperazine rings is 1. The summed E-state index contributed by atoms with van der Waals surface area (Å²) in [5, 5.41) is 0.627. The summed E-state index contributed by atoms with van der Waals surface area (Å²) in [7, 11) is 0. The standard InChI is InChI=1S/C17H23ClN2O2/c1-17(2,3)15(21)12-19-8-10-20(11-9-19)16(22)13-4-6-14(18)7-5-13/h4-7H,8-12H2,1-3H3. The topological polar surface area (TPSA) is 40.6 Å². The molecular weight excluding hydrogens is 300 g/mol. The van der Waals surface area contributed by atoms with Crippen molar-refractivity contribution in [3.63, 3.8) is 0 Å². The van der Waals surface area contributed by atoms with Crippen LogP contribution in [0.15, 0.2) is 24.3 Å². The Hall–Kier alpha value is -1.39. The van der Waals surface area contributed by atoms with E-state index in [0.29, 0.717) is 30.2 Å². The van der Waals surface area contributed by atoms with Crippen molar-refractivity contribution in [2.24, 2.45) is 5.41 Å². The van der Waals surface area contributed by atoms with Crippen molar-refractivity contribution in [2.45, 2.75) is 20.8 Å². The number of Topliss-reactive ketones (excluding diaryl/α,β-unsaturated/α-hetero) is 1. The lowest BCUT2D eigenvalue weighted by Gasteiger charge is -2.35. The second kappa shape index (κ2) is 6.80. The van der Waals surface area contributed by atoms with Gasteiger partial charge in [0.15, 0.2) is 5.78 Å². The molecule has 2 rings (SSSR count). The summed E-state index contributed by atoms with van der Waals surface area (Å²) in [6.07, 6.45) is 0. The van der Waals surface area contributed by atoms with Gasteiger partial charge in [-0.2, -0.15) is 0 Å². The van der Waals surface area contributed by atoms with Crippen LogP contribution in [0.25, 0.3) is 0 Å². The molecule has 1 aromatic carbocycles. The normalized spacial score (nSPS) is 16.6. The molecule has 0 aromatic heterocycles. The van der Waals surface area contributed by atoms with E-state index in [1.165, 1.54) is 0 Å². The van der Waals surface area contributed by atoms with Gasteiger partial charge in [-0.3, -0.25) is 14.5 Å². The van der Waals surface area contributed by atoms with Crippen LogP contribution in [-0.2, 0) is 4.79 Å². The third-order valence-corrected chi connectivity index (χ3v) is 4.21. The summed E-state index contributed by atoms with van der Waals surface area (Å²) in [4.78, 5) is 28.4. The quantitative estimate of drug-likeness (QED) is 0.859. The highest BCUT2D eigenvalue weighted by atomic mass is 35.5. The Labute approximate surface area is 137 Å². The molecule has 0 bridgehead atoms. The van der Waals surface area contributed by atoms with Crippen LogP contribution >= 0.6 is 11.6 Å². The van der Waals surface area contributed by atoms with Crippen LogP contribution in [0.2, 0.25) is 5.02 Å².